The average Bonchev–Trinajstić information content (AvgIpc) is 2.65. The Kier molecular flexibility index (Phi) is 10.2. The van der Waals surface area contributed by atoms with Crippen LogP contribution in [0.4, 0.5) is 5.69 Å². The minimum absolute atomic E-state index is 0.110. The Hall–Kier alpha value is -2.37. The molecule has 3 N–H and O–H groups in total. The molecule has 0 aliphatic carbocycles. The number of hydrogen-bond acceptors (Lipinski definition) is 3. The Morgan fingerprint density at radius 2 is 1.52 bits per heavy atom. The summed E-state index contributed by atoms with van der Waals surface area (Å²) in [5.74, 6) is -0.479. The van der Waals surface area contributed by atoms with Crippen LogP contribution in [0.2, 0.25) is 0 Å². The first-order valence-corrected chi connectivity index (χ1v) is 11.4. The molecule has 1 aromatic rings. The van der Waals surface area contributed by atoms with Gasteiger partial charge in [0.15, 0.2) is 0 Å². The van der Waals surface area contributed by atoms with Crippen molar-refractivity contribution >= 4 is 23.4 Å². The van der Waals surface area contributed by atoms with Gasteiger partial charge < -0.3 is 16.0 Å². The molecule has 0 aliphatic rings. The summed E-state index contributed by atoms with van der Waals surface area (Å²) in [6, 6.07) is 6.15. The number of hydrogen-bond donors (Lipinski definition) is 3. The Morgan fingerprint density at radius 1 is 0.935 bits per heavy atom. The second-order valence-corrected chi connectivity index (χ2v) is 9.88. The van der Waals surface area contributed by atoms with Crippen molar-refractivity contribution in [3.05, 3.63) is 29.8 Å². The van der Waals surface area contributed by atoms with Gasteiger partial charge in [-0.1, -0.05) is 72.6 Å². The zero-order chi connectivity index (χ0) is 23.8. The van der Waals surface area contributed by atoms with E-state index in [4.69, 9.17) is 0 Å². The van der Waals surface area contributed by atoms with Gasteiger partial charge in [0.25, 0.3) is 0 Å². The molecular formula is C25H41N3O3. The van der Waals surface area contributed by atoms with Crippen molar-refractivity contribution < 1.29 is 14.4 Å². The third kappa shape index (κ3) is 8.72. The van der Waals surface area contributed by atoms with Crippen molar-refractivity contribution in [2.24, 2.45) is 17.3 Å². The van der Waals surface area contributed by atoms with E-state index in [1.807, 2.05) is 65.8 Å². The summed E-state index contributed by atoms with van der Waals surface area (Å²) in [7, 11) is 0. The van der Waals surface area contributed by atoms with Crippen LogP contribution in [0.1, 0.15) is 73.3 Å². The quantitative estimate of drug-likeness (QED) is 0.484. The highest BCUT2D eigenvalue weighted by Gasteiger charge is 2.34. The fourth-order valence-electron chi connectivity index (χ4n) is 3.67. The minimum Gasteiger partial charge on any atom is -0.344 e. The average molecular weight is 432 g/mol. The smallest absolute Gasteiger partial charge is 0.246 e. The third-order valence-corrected chi connectivity index (χ3v) is 5.30. The molecule has 0 spiro atoms. The summed E-state index contributed by atoms with van der Waals surface area (Å²) in [5, 5.41) is 8.66. The van der Waals surface area contributed by atoms with E-state index in [2.05, 4.69) is 29.8 Å². The van der Waals surface area contributed by atoms with Crippen molar-refractivity contribution in [1.82, 2.24) is 10.6 Å². The second-order valence-electron chi connectivity index (χ2n) is 9.88. The normalized spacial score (nSPS) is 13.6. The maximum atomic E-state index is 13.1. The maximum Gasteiger partial charge on any atom is 0.246 e. The lowest BCUT2D eigenvalue weighted by atomic mass is 9.82. The molecule has 0 heterocycles. The molecule has 3 amide bonds. The lowest BCUT2D eigenvalue weighted by Gasteiger charge is -2.30. The summed E-state index contributed by atoms with van der Waals surface area (Å²) in [5.41, 5.74) is 1.22. The number of carbonyl (C=O) groups is 3. The van der Waals surface area contributed by atoms with Gasteiger partial charge in [-0.3, -0.25) is 14.4 Å². The van der Waals surface area contributed by atoms with Crippen molar-refractivity contribution in [1.29, 1.82) is 0 Å². The van der Waals surface area contributed by atoms with E-state index in [1.54, 1.807) is 0 Å². The first-order chi connectivity index (χ1) is 14.4. The van der Waals surface area contributed by atoms with Crippen LogP contribution in [0.5, 0.6) is 0 Å². The fraction of sp³-hybridized carbons (Fsp3) is 0.640. The molecular weight excluding hydrogens is 390 g/mol. The van der Waals surface area contributed by atoms with Crippen LogP contribution >= 0.6 is 0 Å². The number of aryl methyl sites for hydroxylation is 1. The summed E-state index contributed by atoms with van der Waals surface area (Å²) in [6.45, 7) is 15.7. The van der Waals surface area contributed by atoms with Crippen LogP contribution in [-0.4, -0.2) is 29.8 Å². The molecule has 1 unspecified atom stereocenters. The molecule has 0 aromatic heterocycles. The van der Waals surface area contributed by atoms with Gasteiger partial charge in [0, 0.05) is 11.1 Å². The highest BCUT2D eigenvalue weighted by molar-refractivity contribution is 5.98. The zero-order valence-electron chi connectivity index (χ0n) is 20.5. The van der Waals surface area contributed by atoms with Gasteiger partial charge >= 0.3 is 0 Å². The van der Waals surface area contributed by atoms with E-state index < -0.39 is 17.5 Å². The first kappa shape index (κ1) is 26.7. The van der Waals surface area contributed by atoms with Crippen LogP contribution < -0.4 is 16.0 Å². The van der Waals surface area contributed by atoms with Gasteiger partial charge in [0.2, 0.25) is 17.7 Å². The molecule has 31 heavy (non-hydrogen) atoms. The van der Waals surface area contributed by atoms with Crippen LogP contribution in [0.25, 0.3) is 0 Å². The minimum atomic E-state index is -0.703. The first-order valence-electron chi connectivity index (χ1n) is 11.4. The molecule has 1 rings (SSSR count). The summed E-state index contributed by atoms with van der Waals surface area (Å²) >= 11 is 0. The molecule has 0 saturated heterocycles. The number of nitrogens with one attached hydrogen (secondary N) is 3. The van der Waals surface area contributed by atoms with E-state index in [0.717, 1.165) is 18.4 Å². The monoisotopic (exact) mass is 431 g/mol. The molecule has 6 nitrogen and oxygen atoms in total. The fourth-order valence-corrected chi connectivity index (χ4v) is 3.67. The van der Waals surface area contributed by atoms with Gasteiger partial charge in [-0.15, -0.1) is 0 Å². The maximum absolute atomic E-state index is 13.1. The summed E-state index contributed by atoms with van der Waals surface area (Å²) in [6.07, 6.45) is 1.98. The molecule has 0 bridgehead atoms. The van der Waals surface area contributed by atoms with Crippen molar-refractivity contribution in [3.63, 3.8) is 0 Å². The molecule has 0 aliphatic heterocycles. The van der Waals surface area contributed by atoms with Crippen LogP contribution in [0, 0.1) is 24.2 Å². The molecule has 1 aromatic carbocycles. The van der Waals surface area contributed by atoms with Gasteiger partial charge in [0.05, 0.1) is 0 Å². The Bertz CT molecular complexity index is 739. The van der Waals surface area contributed by atoms with E-state index in [0.29, 0.717) is 18.0 Å². The summed E-state index contributed by atoms with van der Waals surface area (Å²) in [4.78, 5) is 38.7. The molecule has 174 valence electrons. The Morgan fingerprint density at radius 3 is 2.00 bits per heavy atom. The Labute approximate surface area is 187 Å². The van der Waals surface area contributed by atoms with Crippen LogP contribution in [-0.2, 0) is 14.4 Å². The second kappa shape index (κ2) is 11.9. The number of amides is 3. The summed E-state index contributed by atoms with van der Waals surface area (Å²) < 4.78 is 0. The van der Waals surface area contributed by atoms with E-state index >= 15 is 0 Å². The topological polar surface area (TPSA) is 87.3 Å². The van der Waals surface area contributed by atoms with Gasteiger partial charge in [-0.25, -0.2) is 0 Å². The number of rotatable bonds is 11. The molecule has 0 fully saturated rings. The van der Waals surface area contributed by atoms with E-state index in [1.165, 1.54) is 0 Å². The van der Waals surface area contributed by atoms with Crippen LogP contribution in [0.3, 0.4) is 0 Å². The molecule has 6 heteroatoms. The lowest BCUT2D eigenvalue weighted by Crippen LogP contribution is -2.56. The predicted octanol–water partition coefficient (Wildman–Crippen LogP) is 4.43. The van der Waals surface area contributed by atoms with Crippen molar-refractivity contribution in [3.8, 4) is 0 Å². The zero-order valence-corrected chi connectivity index (χ0v) is 20.5. The highest BCUT2D eigenvalue weighted by atomic mass is 16.2. The van der Waals surface area contributed by atoms with Gasteiger partial charge in [-0.2, -0.15) is 0 Å². The Balaban J connectivity index is 2.89. The molecule has 0 radical (unpaired) electrons. The van der Waals surface area contributed by atoms with Crippen molar-refractivity contribution in [2.45, 2.75) is 86.7 Å². The number of anilines is 1. The van der Waals surface area contributed by atoms with E-state index in [-0.39, 0.29) is 23.6 Å². The van der Waals surface area contributed by atoms with Gasteiger partial charge in [0.1, 0.15) is 12.1 Å². The SMILES string of the molecule is CCC[C@H](NC(=O)C(NC(=O)C(C)(C)CC(C)C)C(C)C)C(=O)Nc1ccc(C)cc1. The largest absolute Gasteiger partial charge is 0.344 e. The standard InChI is InChI=1S/C25H41N3O3/c1-9-10-20(22(29)26-19-13-11-18(6)12-14-19)27-23(30)21(17(4)5)28-24(31)25(7,8)15-16(2)3/h11-14,16-17,20-21H,9-10,15H2,1-8H3,(H,26,29)(H,27,30)(H,28,31)/t20-,21?/m0/s1. The number of benzene rings is 1. The molecule has 0 saturated carbocycles. The number of carbonyl (C=O) groups excluding carboxylic acids is 3. The third-order valence-electron chi connectivity index (χ3n) is 5.30. The van der Waals surface area contributed by atoms with Crippen LogP contribution in [0.15, 0.2) is 24.3 Å². The van der Waals surface area contributed by atoms with E-state index in [9.17, 15) is 14.4 Å². The lowest BCUT2D eigenvalue weighted by molar-refractivity contribution is -0.136. The van der Waals surface area contributed by atoms with Gasteiger partial charge in [-0.05, 0) is 43.7 Å². The van der Waals surface area contributed by atoms with Crippen molar-refractivity contribution in [2.75, 3.05) is 5.32 Å². The predicted molar refractivity (Wildman–Crippen MR) is 127 cm³/mol. The molecule has 2 atom stereocenters. The highest BCUT2D eigenvalue weighted by Crippen LogP contribution is 2.26.